The van der Waals surface area contributed by atoms with Gasteiger partial charge in [0, 0.05) is 24.8 Å². The Kier molecular flexibility index (Phi) is 6.90. The van der Waals surface area contributed by atoms with Gasteiger partial charge in [0.1, 0.15) is 0 Å². The Balaban J connectivity index is 3.46. The lowest BCUT2D eigenvalue weighted by atomic mass is 10.5. The van der Waals surface area contributed by atoms with Crippen LogP contribution in [0.15, 0.2) is 35.0 Å². The van der Waals surface area contributed by atoms with Crippen molar-refractivity contribution in [3.05, 3.63) is 25.1 Å². The minimum Gasteiger partial charge on any atom is -0.269 e. The lowest BCUT2D eigenvalue weighted by Crippen LogP contribution is -1.64. The Labute approximate surface area is 61.7 Å². The fourth-order valence-electron chi connectivity index (χ4n) is 0.365. The summed E-state index contributed by atoms with van der Waals surface area (Å²) < 4.78 is 0. The van der Waals surface area contributed by atoms with Gasteiger partial charge in [-0.1, -0.05) is 13.5 Å². The second-order valence-electron chi connectivity index (χ2n) is 1.56. The molecule has 0 aromatic carbocycles. The molecular weight excluding hydrogens is 124 g/mol. The van der Waals surface area contributed by atoms with Gasteiger partial charge in [0.05, 0.1) is 0 Å². The van der Waals surface area contributed by atoms with E-state index < -0.39 is 0 Å². The summed E-state index contributed by atoms with van der Waals surface area (Å²) >= 11 is 0. The summed E-state index contributed by atoms with van der Waals surface area (Å²) in [6.07, 6.45) is 9.36. The first-order valence-electron chi connectivity index (χ1n) is 3.22. The van der Waals surface area contributed by atoms with Gasteiger partial charge in [-0.05, 0) is 12.5 Å². The first-order valence-corrected chi connectivity index (χ1v) is 3.22. The highest BCUT2D eigenvalue weighted by Crippen LogP contribution is 1.74. The number of aliphatic imine (C=N–C) groups is 2. The van der Waals surface area contributed by atoms with E-state index in [1.165, 1.54) is 6.20 Å². The van der Waals surface area contributed by atoms with Crippen molar-refractivity contribution < 1.29 is 0 Å². The Morgan fingerprint density at radius 2 is 2.20 bits per heavy atom. The molecule has 0 saturated carbocycles. The van der Waals surface area contributed by atoms with Gasteiger partial charge < -0.3 is 0 Å². The van der Waals surface area contributed by atoms with E-state index in [1.807, 2.05) is 13.1 Å². The molecule has 0 heterocycles. The van der Waals surface area contributed by atoms with Gasteiger partial charge in [-0.25, -0.2) is 0 Å². The summed E-state index contributed by atoms with van der Waals surface area (Å²) in [4.78, 5) is 7.68. The van der Waals surface area contributed by atoms with Crippen LogP contribution in [-0.2, 0) is 0 Å². The monoisotopic (exact) mass is 136 g/mol. The molecule has 0 aromatic heterocycles. The molecule has 0 amide bonds. The third kappa shape index (κ3) is 6.82. The highest BCUT2D eigenvalue weighted by Gasteiger charge is 1.62. The van der Waals surface area contributed by atoms with Crippen molar-refractivity contribution in [2.24, 2.45) is 9.98 Å². The second-order valence-corrected chi connectivity index (χ2v) is 1.56. The molecule has 54 valence electrons. The predicted molar refractivity (Wildman–Crippen MR) is 46.6 cm³/mol. The molecule has 0 aromatic rings. The molecule has 0 unspecified atom stereocenters. The zero-order valence-electron chi connectivity index (χ0n) is 6.20. The summed E-state index contributed by atoms with van der Waals surface area (Å²) in [6, 6.07) is 0. The zero-order valence-corrected chi connectivity index (χ0v) is 6.20. The molecule has 0 saturated heterocycles. The average Bonchev–Trinajstić information content (AvgIpc) is 1.97. The van der Waals surface area contributed by atoms with Gasteiger partial charge in [-0.2, -0.15) is 0 Å². The maximum absolute atomic E-state index is 3.93. The van der Waals surface area contributed by atoms with E-state index in [9.17, 15) is 0 Å². The summed E-state index contributed by atoms with van der Waals surface area (Å²) in [7, 11) is 0. The quantitative estimate of drug-likeness (QED) is 0.529. The van der Waals surface area contributed by atoms with E-state index in [2.05, 4.69) is 16.6 Å². The molecule has 2 heteroatoms. The van der Waals surface area contributed by atoms with Gasteiger partial charge in [0.25, 0.3) is 0 Å². The summed E-state index contributed by atoms with van der Waals surface area (Å²) in [5.41, 5.74) is 0. The third-order valence-corrected chi connectivity index (χ3v) is 0.738. The van der Waals surface area contributed by atoms with E-state index >= 15 is 0 Å². The zero-order chi connectivity index (χ0) is 7.66. The third-order valence-electron chi connectivity index (χ3n) is 0.738. The van der Waals surface area contributed by atoms with Crippen LogP contribution in [0.2, 0.25) is 0 Å². The van der Waals surface area contributed by atoms with Crippen LogP contribution in [0, 0.1) is 0 Å². The number of rotatable bonds is 4. The topological polar surface area (TPSA) is 24.7 Å². The SMILES string of the molecule is C=CN=C/C=C\N=CCC. The van der Waals surface area contributed by atoms with E-state index in [1.54, 1.807) is 18.5 Å². The molecule has 0 aliphatic rings. The van der Waals surface area contributed by atoms with Crippen molar-refractivity contribution in [3.63, 3.8) is 0 Å². The Hall–Kier alpha value is -1.18. The fourth-order valence-corrected chi connectivity index (χ4v) is 0.365. The van der Waals surface area contributed by atoms with Gasteiger partial charge in [-0.3, -0.25) is 9.98 Å². The number of hydrogen-bond acceptors (Lipinski definition) is 2. The van der Waals surface area contributed by atoms with Crippen LogP contribution in [0.4, 0.5) is 0 Å². The van der Waals surface area contributed by atoms with Crippen LogP contribution < -0.4 is 0 Å². The van der Waals surface area contributed by atoms with Gasteiger partial charge in [0.15, 0.2) is 0 Å². The fraction of sp³-hybridized carbons (Fsp3) is 0.250. The summed E-state index contributed by atoms with van der Waals surface area (Å²) in [6.45, 7) is 5.46. The van der Waals surface area contributed by atoms with Crippen molar-refractivity contribution in [2.45, 2.75) is 13.3 Å². The van der Waals surface area contributed by atoms with E-state index in [0.717, 1.165) is 6.42 Å². The van der Waals surface area contributed by atoms with Gasteiger partial charge in [0.2, 0.25) is 0 Å². The highest BCUT2D eigenvalue weighted by molar-refractivity contribution is 5.72. The molecular formula is C8H12N2. The molecule has 0 radical (unpaired) electrons. The van der Waals surface area contributed by atoms with E-state index in [0.29, 0.717) is 0 Å². The molecule has 10 heavy (non-hydrogen) atoms. The second kappa shape index (κ2) is 7.82. The largest absolute Gasteiger partial charge is 0.269 e. The first-order chi connectivity index (χ1) is 4.91. The molecule has 0 bridgehead atoms. The molecule has 0 atom stereocenters. The smallest absolute Gasteiger partial charge is 0.0282 e. The highest BCUT2D eigenvalue weighted by atomic mass is 14.7. The van der Waals surface area contributed by atoms with E-state index in [4.69, 9.17) is 0 Å². The average molecular weight is 136 g/mol. The molecule has 0 aliphatic carbocycles. The van der Waals surface area contributed by atoms with Crippen molar-refractivity contribution in [2.75, 3.05) is 0 Å². The van der Waals surface area contributed by atoms with Crippen molar-refractivity contribution >= 4 is 12.4 Å². The Morgan fingerprint density at radius 1 is 1.40 bits per heavy atom. The minimum absolute atomic E-state index is 0.961. The predicted octanol–water partition coefficient (Wildman–Crippen LogP) is 2.20. The molecule has 0 aliphatic heterocycles. The maximum Gasteiger partial charge on any atom is 0.0282 e. The van der Waals surface area contributed by atoms with E-state index in [-0.39, 0.29) is 0 Å². The van der Waals surface area contributed by atoms with Crippen LogP contribution in [0.25, 0.3) is 0 Å². The maximum atomic E-state index is 3.93. The van der Waals surface area contributed by atoms with Crippen LogP contribution in [-0.4, -0.2) is 12.4 Å². The lowest BCUT2D eigenvalue weighted by Gasteiger charge is -1.73. The Morgan fingerprint density at radius 3 is 2.80 bits per heavy atom. The molecule has 0 spiro atoms. The van der Waals surface area contributed by atoms with Crippen LogP contribution >= 0.6 is 0 Å². The minimum atomic E-state index is 0.961. The van der Waals surface area contributed by atoms with Gasteiger partial charge >= 0.3 is 0 Å². The summed E-state index contributed by atoms with van der Waals surface area (Å²) in [5, 5.41) is 0. The van der Waals surface area contributed by atoms with Crippen molar-refractivity contribution in [3.8, 4) is 0 Å². The molecule has 0 N–H and O–H groups in total. The number of nitrogens with zero attached hydrogens (tertiary/aromatic N) is 2. The normalized spacial score (nSPS) is 12.1. The molecule has 2 nitrogen and oxygen atoms in total. The number of allylic oxidation sites excluding steroid dienone is 1. The van der Waals surface area contributed by atoms with Gasteiger partial charge in [-0.15, -0.1) is 0 Å². The van der Waals surface area contributed by atoms with Crippen molar-refractivity contribution in [1.29, 1.82) is 0 Å². The molecule has 0 fully saturated rings. The molecule has 0 rings (SSSR count). The van der Waals surface area contributed by atoms with Crippen LogP contribution in [0.5, 0.6) is 0 Å². The van der Waals surface area contributed by atoms with Crippen molar-refractivity contribution in [1.82, 2.24) is 0 Å². The lowest BCUT2D eigenvalue weighted by molar-refractivity contribution is 1.31. The van der Waals surface area contributed by atoms with Crippen LogP contribution in [0.3, 0.4) is 0 Å². The Bertz CT molecular complexity index is 155. The number of hydrogen-bond donors (Lipinski definition) is 0. The van der Waals surface area contributed by atoms with Crippen LogP contribution in [0.1, 0.15) is 13.3 Å². The standard InChI is InChI=1S/C8H12N2/c1-3-6-10-8-5-7-9-4-2/h4-8H,2-3H2,1H3/b8-5-,9-7?,10-6?. The first kappa shape index (κ1) is 8.82. The summed E-state index contributed by atoms with van der Waals surface area (Å²) in [5.74, 6) is 0.